The molecule has 47 heavy (non-hydrogen) atoms. The van der Waals surface area contributed by atoms with Crippen molar-refractivity contribution in [2.75, 3.05) is 13.1 Å². The number of carbonyl (C=O) groups is 4. The second-order valence-electron chi connectivity index (χ2n) is 12.0. The van der Waals surface area contributed by atoms with E-state index in [2.05, 4.69) is 20.6 Å². The Morgan fingerprint density at radius 2 is 1.02 bits per heavy atom. The first-order chi connectivity index (χ1) is 22.6. The molecule has 2 aromatic rings. The van der Waals surface area contributed by atoms with Crippen molar-refractivity contribution in [1.82, 2.24) is 20.4 Å². The standard InChI is InChI=1S/C33H46N10O4/c34-32(35)38-24-14-10-22(11-15-24)20-42-18-4-6-26(30(42)46)40-28(44)8-2-1-3-9-29(45)41-27-7-5-19-43(31(27)47)21-23-12-16-25(17-13-23)39-33(36)37/h10-17,26-27H,1-9,18-21H2,(H,40,44)(H,41,45)(H4,34,35,38)(H4,36,37,39). The lowest BCUT2D eigenvalue weighted by Gasteiger charge is -2.33. The van der Waals surface area contributed by atoms with Crippen molar-refractivity contribution in [2.24, 2.45) is 32.9 Å². The Balaban J connectivity index is 1.12. The lowest BCUT2D eigenvalue weighted by atomic mass is 10.0. The maximum absolute atomic E-state index is 13.0. The van der Waals surface area contributed by atoms with E-state index in [0.29, 0.717) is 69.7 Å². The van der Waals surface area contributed by atoms with Crippen molar-refractivity contribution < 1.29 is 19.2 Å². The number of nitrogens with two attached hydrogens (primary N) is 4. The van der Waals surface area contributed by atoms with Gasteiger partial charge in [0, 0.05) is 39.0 Å². The van der Waals surface area contributed by atoms with Crippen LogP contribution in [0.1, 0.15) is 68.9 Å². The minimum absolute atomic E-state index is 0.0186. The van der Waals surface area contributed by atoms with Crippen molar-refractivity contribution in [3.05, 3.63) is 59.7 Å². The van der Waals surface area contributed by atoms with Gasteiger partial charge < -0.3 is 43.4 Å². The van der Waals surface area contributed by atoms with Gasteiger partial charge in [0.25, 0.3) is 0 Å². The number of rotatable bonds is 14. The third kappa shape index (κ3) is 11.0. The van der Waals surface area contributed by atoms with Crippen molar-refractivity contribution in [3.63, 3.8) is 0 Å². The summed E-state index contributed by atoms with van der Waals surface area (Å²) >= 11 is 0. The Kier molecular flexibility index (Phi) is 12.5. The summed E-state index contributed by atoms with van der Waals surface area (Å²) in [4.78, 5) is 62.8. The van der Waals surface area contributed by atoms with E-state index >= 15 is 0 Å². The number of likely N-dealkylation sites (tertiary alicyclic amines) is 2. The molecule has 2 aliphatic heterocycles. The van der Waals surface area contributed by atoms with E-state index in [1.54, 1.807) is 34.1 Å². The zero-order valence-corrected chi connectivity index (χ0v) is 26.7. The van der Waals surface area contributed by atoms with Crippen LogP contribution in [0.3, 0.4) is 0 Å². The molecule has 14 nitrogen and oxygen atoms in total. The van der Waals surface area contributed by atoms with E-state index in [1.165, 1.54) is 0 Å². The topological polar surface area (TPSA) is 228 Å². The second-order valence-corrected chi connectivity index (χ2v) is 12.0. The Labute approximate surface area is 275 Å². The summed E-state index contributed by atoms with van der Waals surface area (Å²) in [6.07, 6.45) is 5.25. The number of nitrogens with one attached hydrogen (secondary N) is 2. The number of benzene rings is 2. The number of piperidine rings is 2. The van der Waals surface area contributed by atoms with Crippen LogP contribution in [0.2, 0.25) is 0 Å². The van der Waals surface area contributed by atoms with Crippen LogP contribution in [0.15, 0.2) is 58.5 Å². The van der Waals surface area contributed by atoms with E-state index in [1.807, 2.05) is 24.3 Å². The largest absolute Gasteiger partial charge is 0.370 e. The van der Waals surface area contributed by atoms with E-state index in [9.17, 15) is 19.2 Å². The van der Waals surface area contributed by atoms with Crippen molar-refractivity contribution in [1.29, 1.82) is 0 Å². The number of amides is 4. The Morgan fingerprint density at radius 1 is 0.638 bits per heavy atom. The van der Waals surface area contributed by atoms with Crippen LogP contribution in [-0.2, 0) is 32.3 Å². The predicted octanol–water partition coefficient (Wildman–Crippen LogP) is 1.36. The van der Waals surface area contributed by atoms with Crippen LogP contribution in [-0.4, -0.2) is 70.5 Å². The third-order valence-corrected chi connectivity index (χ3v) is 8.18. The average Bonchev–Trinajstić information content (AvgIpc) is 3.02. The molecule has 2 aromatic carbocycles. The fourth-order valence-electron chi connectivity index (χ4n) is 5.83. The molecule has 0 radical (unpaired) electrons. The number of carbonyl (C=O) groups excluding carboxylic acids is 4. The van der Waals surface area contributed by atoms with Crippen LogP contribution in [0, 0.1) is 0 Å². The molecular weight excluding hydrogens is 600 g/mol. The molecule has 2 fully saturated rings. The van der Waals surface area contributed by atoms with Gasteiger partial charge in [0.1, 0.15) is 12.1 Å². The lowest BCUT2D eigenvalue weighted by molar-refractivity contribution is -0.139. The molecule has 2 atom stereocenters. The number of nitrogens with zero attached hydrogens (tertiary/aromatic N) is 4. The van der Waals surface area contributed by atoms with Crippen LogP contribution in [0.25, 0.3) is 0 Å². The highest BCUT2D eigenvalue weighted by molar-refractivity contribution is 5.89. The summed E-state index contributed by atoms with van der Waals surface area (Å²) in [7, 11) is 0. The molecular formula is C33H46N10O4. The van der Waals surface area contributed by atoms with Gasteiger partial charge in [-0.15, -0.1) is 0 Å². The van der Waals surface area contributed by atoms with Gasteiger partial charge in [0.2, 0.25) is 23.6 Å². The number of aliphatic imine (C=N–C) groups is 2. The molecule has 14 heteroatoms. The molecule has 0 saturated carbocycles. The normalized spacial score (nSPS) is 18.0. The fourth-order valence-corrected chi connectivity index (χ4v) is 5.83. The molecule has 2 unspecified atom stereocenters. The molecule has 0 aliphatic carbocycles. The Bertz CT molecular complexity index is 1340. The van der Waals surface area contributed by atoms with E-state index in [4.69, 9.17) is 22.9 Å². The van der Waals surface area contributed by atoms with E-state index < -0.39 is 12.1 Å². The average molecular weight is 647 g/mol. The summed E-state index contributed by atoms with van der Waals surface area (Å²) in [6.45, 7) is 2.14. The summed E-state index contributed by atoms with van der Waals surface area (Å²) < 4.78 is 0. The summed E-state index contributed by atoms with van der Waals surface area (Å²) in [5, 5.41) is 5.79. The monoisotopic (exact) mass is 646 g/mol. The van der Waals surface area contributed by atoms with Gasteiger partial charge in [-0.3, -0.25) is 19.2 Å². The molecule has 252 valence electrons. The molecule has 4 amide bonds. The summed E-state index contributed by atoms with van der Waals surface area (Å²) in [5.41, 5.74) is 24.8. The molecule has 0 bridgehead atoms. The Morgan fingerprint density at radius 3 is 1.38 bits per heavy atom. The molecule has 4 rings (SSSR count). The van der Waals surface area contributed by atoms with Crippen LogP contribution in [0.5, 0.6) is 0 Å². The first-order valence-electron chi connectivity index (χ1n) is 16.1. The zero-order chi connectivity index (χ0) is 33.8. The highest BCUT2D eigenvalue weighted by Crippen LogP contribution is 2.20. The number of guanidine groups is 2. The smallest absolute Gasteiger partial charge is 0.245 e. The number of hydrogen-bond acceptors (Lipinski definition) is 6. The van der Waals surface area contributed by atoms with Crippen LogP contribution < -0.4 is 33.6 Å². The summed E-state index contributed by atoms with van der Waals surface area (Å²) in [5.74, 6) is -0.563. The Hall–Kier alpha value is -5.14. The van der Waals surface area contributed by atoms with Crippen molar-refractivity contribution >= 4 is 46.9 Å². The van der Waals surface area contributed by atoms with Gasteiger partial charge in [0.15, 0.2) is 11.9 Å². The molecule has 2 heterocycles. The predicted molar refractivity (Wildman–Crippen MR) is 180 cm³/mol. The van der Waals surface area contributed by atoms with Gasteiger partial charge in [-0.25, -0.2) is 9.98 Å². The maximum Gasteiger partial charge on any atom is 0.245 e. The molecule has 2 saturated heterocycles. The van der Waals surface area contributed by atoms with Crippen molar-refractivity contribution in [2.45, 2.75) is 83.0 Å². The highest BCUT2D eigenvalue weighted by atomic mass is 16.2. The van der Waals surface area contributed by atoms with Crippen LogP contribution in [0.4, 0.5) is 11.4 Å². The first kappa shape index (κ1) is 34.7. The zero-order valence-electron chi connectivity index (χ0n) is 26.7. The van der Waals surface area contributed by atoms with Gasteiger partial charge in [-0.2, -0.15) is 0 Å². The van der Waals surface area contributed by atoms with Gasteiger partial charge in [0.05, 0.1) is 11.4 Å². The van der Waals surface area contributed by atoms with Gasteiger partial charge >= 0.3 is 0 Å². The van der Waals surface area contributed by atoms with Gasteiger partial charge in [-0.1, -0.05) is 30.7 Å². The number of hydrogen-bond donors (Lipinski definition) is 6. The summed E-state index contributed by atoms with van der Waals surface area (Å²) in [6, 6.07) is 13.6. The van der Waals surface area contributed by atoms with Crippen molar-refractivity contribution in [3.8, 4) is 0 Å². The van der Waals surface area contributed by atoms with Gasteiger partial charge in [-0.05, 0) is 73.9 Å². The quantitative estimate of drug-likeness (QED) is 0.0995. The number of unbranched alkanes of at least 4 members (excludes halogenated alkanes) is 2. The highest BCUT2D eigenvalue weighted by Gasteiger charge is 2.31. The van der Waals surface area contributed by atoms with E-state index in [-0.39, 0.29) is 48.4 Å². The fraction of sp³-hybridized carbons (Fsp3) is 0.455. The minimum atomic E-state index is -0.542. The van der Waals surface area contributed by atoms with Crippen LogP contribution >= 0.6 is 0 Å². The first-order valence-corrected chi connectivity index (χ1v) is 16.1. The molecule has 0 aromatic heterocycles. The second kappa shape index (κ2) is 17.0. The minimum Gasteiger partial charge on any atom is -0.370 e. The molecule has 10 N–H and O–H groups in total. The van der Waals surface area contributed by atoms with E-state index in [0.717, 1.165) is 24.0 Å². The molecule has 2 aliphatic rings. The lowest BCUT2D eigenvalue weighted by Crippen LogP contribution is -2.51. The SMILES string of the molecule is NC(N)=Nc1ccc(CN2CCCC(NC(=O)CCCCCC(=O)NC3CCCN(Cc4ccc(N=C(N)N)cc4)C3=O)C2=O)cc1. The third-order valence-electron chi connectivity index (χ3n) is 8.18. The maximum atomic E-state index is 13.0. The molecule has 0 spiro atoms.